The van der Waals surface area contributed by atoms with Crippen LogP contribution >= 0.6 is 22.9 Å². The van der Waals surface area contributed by atoms with Crippen LogP contribution in [0, 0.1) is 6.92 Å². The minimum atomic E-state index is 0.722. The van der Waals surface area contributed by atoms with E-state index in [1.807, 2.05) is 44.3 Å². The number of halogens is 1. The van der Waals surface area contributed by atoms with Gasteiger partial charge in [-0.25, -0.2) is 0 Å². The highest BCUT2D eigenvalue weighted by Gasteiger charge is 2.09. The first-order valence-corrected chi connectivity index (χ1v) is 6.81. The maximum atomic E-state index is 11.1. The predicted molar refractivity (Wildman–Crippen MR) is 78.0 cm³/mol. The van der Waals surface area contributed by atoms with E-state index in [1.165, 1.54) is 4.88 Å². The van der Waals surface area contributed by atoms with Crippen LogP contribution in [0.2, 0.25) is 4.34 Å². The predicted octanol–water partition coefficient (Wildman–Crippen LogP) is 4.16. The van der Waals surface area contributed by atoms with E-state index in [1.54, 1.807) is 11.3 Å². The fourth-order valence-corrected chi connectivity index (χ4v) is 3.01. The number of carbonyl (C=O) groups is 1. The van der Waals surface area contributed by atoms with Gasteiger partial charge in [0.1, 0.15) is 0 Å². The Balaban J connectivity index is 2.23. The summed E-state index contributed by atoms with van der Waals surface area (Å²) in [6, 6.07) is 9.80. The van der Waals surface area contributed by atoms with Crippen molar-refractivity contribution < 1.29 is 4.79 Å². The van der Waals surface area contributed by atoms with Crippen molar-refractivity contribution >= 4 is 34.9 Å². The number of hydrogen-bond donors (Lipinski definition) is 0. The molecule has 2 nitrogen and oxygen atoms in total. The minimum Gasteiger partial charge on any atom is -0.369 e. The van der Waals surface area contributed by atoms with Crippen LogP contribution in [-0.2, 0) is 6.54 Å². The Morgan fingerprint density at radius 3 is 2.72 bits per heavy atom. The topological polar surface area (TPSA) is 20.3 Å². The third kappa shape index (κ3) is 2.92. The van der Waals surface area contributed by atoms with E-state index in [2.05, 4.69) is 4.90 Å². The van der Waals surface area contributed by atoms with Gasteiger partial charge in [-0.05, 0) is 31.2 Å². The van der Waals surface area contributed by atoms with Gasteiger partial charge in [0.05, 0.1) is 10.9 Å². The second kappa shape index (κ2) is 5.55. The monoisotopic (exact) mass is 279 g/mol. The van der Waals surface area contributed by atoms with Gasteiger partial charge in [0.2, 0.25) is 0 Å². The number of anilines is 1. The normalized spacial score (nSPS) is 10.4. The molecule has 0 aliphatic heterocycles. The van der Waals surface area contributed by atoms with Crippen molar-refractivity contribution in [2.24, 2.45) is 0 Å². The molecule has 2 rings (SSSR count). The first-order valence-electron chi connectivity index (χ1n) is 5.61. The Labute approximate surface area is 116 Å². The molecule has 0 saturated heterocycles. The molecule has 1 heterocycles. The largest absolute Gasteiger partial charge is 0.369 e. The van der Waals surface area contributed by atoms with Crippen LogP contribution in [0.5, 0.6) is 0 Å². The highest BCUT2D eigenvalue weighted by Crippen LogP contribution is 2.26. The molecule has 94 valence electrons. The summed E-state index contributed by atoms with van der Waals surface area (Å²) in [5, 5.41) is 0. The number of thiophene rings is 1. The van der Waals surface area contributed by atoms with Crippen LogP contribution < -0.4 is 4.90 Å². The van der Waals surface area contributed by atoms with Gasteiger partial charge in [0.25, 0.3) is 0 Å². The van der Waals surface area contributed by atoms with E-state index in [9.17, 15) is 4.79 Å². The molecule has 0 N–H and O–H groups in total. The molecule has 18 heavy (non-hydrogen) atoms. The maximum Gasteiger partial charge on any atom is 0.152 e. The van der Waals surface area contributed by atoms with Crippen LogP contribution in [0.3, 0.4) is 0 Å². The Morgan fingerprint density at radius 2 is 2.11 bits per heavy atom. The average molecular weight is 280 g/mol. The van der Waals surface area contributed by atoms with Crippen molar-refractivity contribution in [2.45, 2.75) is 13.5 Å². The number of hydrogen-bond acceptors (Lipinski definition) is 3. The van der Waals surface area contributed by atoms with Gasteiger partial charge in [-0.15, -0.1) is 11.3 Å². The third-order valence-corrected chi connectivity index (χ3v) is 3.96. The van der Waals surface area contributed by atoms with Crippen LogP contribution in [0.25, 0.3) is 0 Å². The molecule has 0 fully saturated rings. The second-order valence-corrected chi connectivity index (χ2v) is 6.04. The van der Waals surface area contributed by atoms with E-state index in [4.69, 9.17) is 11.6 Å². The first kappa shape index (κ1) is 13.1. The lowest BCUT2D eigenvalue weighted by atomic mass is 10.1. The Kier molecular flexibility index (Phi) is 4.04. The lowest BCUT2D eigenvalue weighted by molar-refractivity contribution is 0.112. The van der Waals surface area contributed by atoms with E-state index in [0.717, 1.165) is 34.0 Å². The Bertz CT molecular complexity index is 565. The van der Waals surface area contributed by atoms with Crippen molar-refractivity contribution in [3.8, 4) is 0 Å². The van der Waals surface area contributed by atoms with E-state index < -0.39 is 0 Å². The van der Waals surface area contributed by atoms with Crippen LogP contribution in [0.15, 0.2) is 30.3 Å². The molecule has 0 radical (unpaired) electrons. The van der Waals surface area contributed by atoms with Gasteiger partial charge < -0.3 is 4.90 Å². The summed E-state index contributed by atoms with van der Waals surface area (Å²) >= 11 is 7.48. The molecule has 0 spiro atoms. The molecule has 0 aliphatic carbocycles. The van der Waals surface area contributed by atoms with Crippen molar-refractivity contribution in [3.05, 3.63) is 50.7 Å². The molecular weight excluding hydrogens is 266 g/mol. The summed E-state index contributed by atoms with van der Waals surface area (Å²) in [4.78, 5) is 14.3. The average Bonchev–Trinajstić information content (AvgIpc) is 2.74. The molecule has 1 aromatic carbocycles. The van der Waals surface area contributed by atoms with Crippen molar-refractivity contribution in [1.29, 1.82) is 0 Å². The summed E-state index contributed by atoms with van der Waals surface area (Å²) in [6.45, 7) is 2.73. The van der Waals surface area contributed by atoms with E-state index >= 15 is 0 Å². The van der Waals surface area contributed by atoms with Gasteiger partial charge in [-0.3, -0.25) is 4.79 Å². The van der Waals surface area contributed by atoms with Crippen LogP contribution in [0.4, 0.5) is 5.69 Å². The molecule has 4 heteroatoms. The molecule has 0 amide bonds. The first-order chi connectivity index (χ1) is 8.60. The van der Waals surface area contributed by atoms with Crippen molar-refractivity contribution in [2.75, 3.05) is 11.9 Å². The summed E-state index contributed by atoms with van der Waals surface area (Å²) in [5.74, 6) is 0. The van der Waals surface area contributed by atoms with Gasteiger partial charge in [-0.2, -0.15) is 0 Å². The quantitative estimate of drug-likeness (QED) is 0.783. The molecular formula is C14H14ClNOS. The SMILES string of the molecule is Cc1ccc(N(C)Cc2ccc(Cl)s2)c(C=O)c1. The Hall–Kier alpha value is -1.32. The zero-order valence-electron chi connectivity index (χ0n) is 10.3. The molecule has 0 atom stereocenters. The number of aldehydes is 1. The van der Waals surface area contributed by atoms with Crippen LogP contribution in [0.1, 0.15) is 20.8 Å². The number of benzene rings is 1. The third-order valence-electron chi connectivity index (χ3n) is 2.74. The Morgan fingerprint density at radius 1 is 1.33 bits per heavy atom. The molecule has 0 bridgehead atoms. The van der Waals surface area contributed by atoms with Gasteiger partial charge in [0, 0.05) is 23.2 Å². The van der Waals surface area contributed by atoms with Crippen molar-refractivity contribution in [3.63, 3.8) is 0 Å². The molecule has 0 aliphatic rings. The lowest BCUT2D eigenvalue weighted by Gasteiger charge is -2.20. The zero-order chi connectivity index (χ0) is 13.1. The highest BCUT2D eigenvalue weighted by molar-refractivity contribution is 7.16. The standard InChI is InChI=1S/C14H14ClNOS/c1-10-3-5-13(11(7-10)9-17)16(2)8-12-4-6-14(15)18-12/h3-7,9H,8H2,1-2H3. The summed E-state index contributed by atoms with van der Waals surface area (Å²) in [7, 11) is 1.98. The zero-order valence-corrected chi connectivity index (χ0v) is 11.9. The van der Waals surface area contributed by atoms with E-state index in [-0.39, 0.29) is 0 Å². The van der Waals surface area contributed by atoms with Crippen molar-refractivity contribution in [1.82, 2.24) is 0 Å². The number of carbonyl (C=O) groups excluding carboxylic acids is 1. The summed E-state index contributed by atoms with van der Waals surface area (Å²) < 4.78 is 0.790. The maximum absolute atomic E-state index is 11.1. The van der Waals surface area contributed by atoms with Gasteiger partial charge >= 0.3 is 0 Å². The lowest BCUT2D eigenvalue weighted by Crippen LogP contribution is -2.17. The minimum absolute atomic E-state index is 0.722. The van der Waals surface area contributed by atoms with E-state index in [0.29, 0.717) is 0 Å². The molecule has 2 aromatic rings. The molecule has 1 aromatic heterocycles. The molecule has 0 saturated carbocycles. The highest BCUT2D eigenvalue weighted by atomic mass is 35.5. The molecule has 0 unspecified atom stereocenters. The van der Waals surface area contributed by atoms with Gasteiger partial charge in [0.15, 0.2) is 6.29 Å². The second-order valence-electron chi connectivity index (χ2n) is 4.24. The summed E-state index contributed by atoms with van der Waals surface area (Å²) in [5.41, 5.74) is 2.76. The smallest absolute Gasteiger partial charge is 0.152 e. The fraction of sp³-hybridized carbons (Fsp3) is 0.214. The van der Waals surface area contributed by atoms with Crippen LogP contribution in [-0.4, -0.2) is 13.3 Å². The number of aryl methyl sites for hydroxylation is 1. The van der Waals surface area contributed by atoms with Gasteiger partial charge in [-0.1, -0.05) is 23.2 Å². The number of rotatable bonds is 4. The number of nitrogens with zero attached hydrogens (tertiary/aromatic N) is 1. The summed E-state index contributed by atoms with van der Waals surface area (Å²) in [6.07, 6.45) is 0.903. The fourth-order valence-electron chi connectivity index (χ4n) is 1.87.